The lowest BCUT2D eigenvalue weighted by Crippen LogP contribution is -2.54. The van der Waals surface area contributed by atoms with Gasteiger partial charge in [0, 0.05) is 18.6 Å². The molecule has 1 aliphatic heterocycles. The standard InChI is InChI=1S/C14H28N2O3/c1-13(2,3)19-12(17)16-9-10(15)6-7-11(16)8-14(4,5)18/h10-11,18H,6-9,15H2,1-5H3/t10-,11-/m1/s1. The van der Waals surface area contributed by atoms with Crippen LogP contribution in [0.4, 0.5) is 4.79 Å². The summed E-state index contributed by atoms with van der Waals surface area (Å²) in [6, 6.07) is -0.0137. The number of carbonyl (C=O) groups excluding carboxylic acids is 1. The predicted octanol–water partition coefficient (Wildman–Crippen LogP) is 1.87. The summed E-state index contributed by atoms with van der Waals surface area (Å²) in [5, 5.41) is 9.96. The van der Waals surface area contributed by atoms with Gasteiger partial charge in [-0.1, -0.05) is 0 Å². The van der Waals surface area contributed by atoms with E-state index in [-0.39, 0.29) is 18.2 Å². The van der Waals surface area contributed by atoms with Crippen LogP contribution in [-0.2, 0) is 4.74 Å². The first-order valence-electron chi connectivity index (χ1n) is 6.95. The van der Waals surface area contributed by atoms with Gasteiger partial charge in [-0.05, 0) is 53.9 Å². The highest BCUT2D eigenvalue weighted by Crippen LogP contribution is 2.26. The molecule has 0 aromatic heterocycles. The first-order valence-corrected chi connectivity index (χ1v) is 6.95. The van der Waals surface area contributed by atoms with Gasteiger partial charge in [0.25, 0.3) is 0 Å². The highest BCUT2D eigenvalue weighted by molar-refractivity contribution is 5.68. The van der Waals surface area contributed by atoms with Crippen LogP contribution in [0.2, 0.25) is 0 Å². The number of hydrogen-bond donors (Lipinski definition) is 2. The van der Waals surface area contributed by atoms with Gasteiger partial charge >= 0.3 is 6.09 Å². The van der Waals surface area contributed by atoms with Gasteiger partial charge in [-0.2, -0.15) is 0 Å². The van der Waals surface area contributed by atoms with Gasteiger partial charge in [0.05, 0.1) is 5.60 Å². The minimum Gasteiger partial charge on any atom is -0.444 e. The minimum atomic E-state index is -0.799. The maximum absolute atomic E-state index is 12.2. The summed E-state index contributed by atoms with van der Waals surface area (Å²) in [7, 11) is 0. The van der Waals surface area contributed by atoms with Crippen LogP contribution in [0.1, 0.15) is 53.9 Å². The van der Waals surface area contributed by atoms with Crippen molar-refractivity contribution in [3.8, 4) is 0 Å². The van der Waals surface area contributed by atoms with Crippen LogP contribution in [-0.4, -0.2) is 45.9 Å². The number of likely N-dealkylation sites (tertiary alicyclic amines) is 1. The average molecular weight is 272 g/mol. The van der Waals surface area contributed by atoms with Gasteiger partial charge in [0.1, 0.15) is 5.60 Å². The maximum atomic E-state index is 12.2. The Kier molecular flexibility index (Phi) is 4.85. The van der Waals surface area contributed by atoms with Crippen LogP contribution in [0.15, 0.2) is 0 Å². The Hall–Kier alpha value is -0.810. The van der Waals surface area contributed by atoms with Crippen molar-refractivity contribution in [3.05, 3.63) is 0 Å². The van der Waals surface area contributed by atoms with E-state index in [2.05, 4.69) is 0 Å². The molecule has 0 aromatic carbocycles. The Morgan fingerprint density at radius 3 is 2.37 bits per heavy atom. The molecule has 0 unspecified atom stereocenters. The van der Waals surface area contributed by atoms with Crippen molar-refractivity contribution in [2.24, 2.45) is 5.73 Å². The van der Waals surface area contributed by atoms with Crippen LogP contribution in [0.5, 0.6) is 0 Å². The number of amides is 1. The third kappa shape index (κ3) is 5.78. The Labute approximate surface area is 116 Å². The van der Waals surface area contributed by atoms with Gasteiger partial charge in [-0.15, -0.1) is 0 Å². The molecule has 0 aliphatic carbocycles. The predicted molar refractivity (Wildman–Crippen MR) is 74.9 cm³/mol. The Bertz CT molecular complexity index is 318. The fourth-order valence-corrected chi connectivity index (χ4v) is 2.39. The molecule has 0 aromatic rings. The smallest absolute Gasteiger partial charge is 0.410 e. The van der Waals surface area contributed by atoms with Crippen LogP contribution < -0.4 is 5.73 Å². The molecule has 0 saturated carbocycles. The quantitative estimate of drug-likeness (QED) is 0.804. The molecule has 1 amide bonds. The van der Waals surface area contributed by atoms with Crippen molar-refractivity contribution in [1.82, 2.24) is 4.90 Å². The Morgan fingerprint density at radius 2 is 1.89 bits per heavy atom. The first-order chi connectivity index (χ1) is 8.48. The molecule has 19 heavy (non-hydrogen) atoms. The van der Waals surface area contributed by atoms with Crippen LogP contribution in [0.3, 0.4) is 0 Å². The number of piperidine rings is 1. The van der Waals surface area contributed by atoms with Crippen molar-refractivity contribution < 1.29 is 14.6 Å². The van der Waals surface area contributed by atoms with Crippen molar-refractivity contribution in [1.29, 1.82) is 0 Å². The number of ether oxygens (including phenoxy) is 1. The average Bonchev–Trinajstić information content (AvgIpc) is 2.16. The molecule has 1 fully saturated rings. The summed E-state index contributed by atoms with van der Waals surface area (Å²) in [6.07, 6.45) is 1.89. The molecule has 3 N–H and O–H groups in total. The van der Waals surface area contributed by atoms with Gasteiger partial charge < -0.3 is 20.5 Å². The highest BCUT2D eigenvalue weighted by atomic mass is 16.6. The van der Waals surface area contributed by atoms with Gasteiger partial charge in [0.15, 0.2) is 0 Å². The summed E-state index contributed by atoms with van der Waals surface area (Å²) >= 11 is 0. The molecule has 0 radical (unpaired) electrons. The third-order valence-corrected chi connectivity index (χ3v) is 3.11. The lowest BCUT2D eigenvalue weighted by atomic mass is 9.90. The minimum absolute atomic E-state index is 0.00495. The molecular formula is C14H28N2O3. The normalized spacial score (nSPS) is 25.3. The van der Waals surface area contributed by atoms with Crippen molar-refractivity contribution in [3.63, 3.8) is 0 Å². The van der Waals surface area contributed by atoms with E-state index in [1.165, 1.54) is 0 Å². The zero-order valence-corrected chi connectivity index (χ0v) is 12.8. The number of rotatable bonds is 2. The topological polar surface area (TPSA) is 75.8 Å². The second-order valence-corrected chi connectivity index (χ2v) is 7.14. The number of aliphatic hydroxyl groups is 1. The molecule has 112 valence electrons. The van der Waals surface area contributed by atoms with E-state index >= 15 is 0 Å². The largest absolute Gasteiger partial charge is 0.444 e. The van der Waals surface area contributed by atoms with Crippen molar-refractivity contribution in [2.45, 2.75) is 77.2 Å². The van der Waals surface area contributed by atoms with Crippen molar-refractivity contribution >= 4 is 6.09 Å². The van der Waals surface area contributed by atoms with E-state index in [1.807, 2.05) is 20.8 Å². The molecule has 0 bridgehead atoms. The monoisotopic (exact) mass is 272 g/mol. The summed E-state index contributed by atoms with van der Waals surface area (Å²) in [6.45, 7) is 9.55. The van der Waals surface area contributed by atoms with Gasteiger partial charge in [0.2, 0.25) is 0 Å². The maximum Gasteiger partial charge on any atom is 0.410 e. The molecule has 0 spiro atoms. The third-order valence-electron chi connectivity index (χ3n) is 3.11. The lowest BCUT2D eigenvalue weighted by molar-refractivity contribution is -0.0121. The second-order valence-electron chi connectivity index (χ2n) is 7.14. The van der Waals surface area contributed by atoms with Gasteiger partial charge in [-0.25, -0.2) is 4.79 Å². The summed E-state index contributed by atoms with van der Waals surface area (Å²) in [4.78, 5) is 13.9. The van der Waals surface area contributed by atoms with E-state index in [4.69, 9.17) is 10.5 Å². The van der Waals surface area contributed by atoms with Crippen molar-refractivity contribution in [2.75, 3.05) is 6.54 Å². The SMILES string of the molecule is CC(C)(O)C[C@H]1CC[C@@H](N)CN1C(=O)OC(C)(C)C. The van der Waals surface area contributed by atoms with E-state index in [1.54, 1.807) is 18.7 Å². The molecule has 2 atom stereocenters. The summed E-state index contributed by atoms with van der Waals surface area (Å²) < 4.78 is 5.42. The molecule has 5 nitrogen and oxygen atoms in total. The Balaban J connectivity index is 2.75. The van der Waals surface area contributed by atoms with Gasteiger partial charge in [-0.3, -0.25) is 0 Å². The fourth-order valence-electron chi connectivity index (χ4n) is 2.39. The summed E-state index contributed by atoms with van der Waals surface area (Å²) in [5.41, 5.74) is 4.63. The summed E-state index contributed by atoms with van der Waals surface area (Å²) in [5.74, 6) is 0. The second kappa shape index (κ2) is 5.67. The highest BCUT2D eigenvalue weighted by Gasteiger charge is 2.35. The zero-order valence-electron chi connectivity index (χ0n) is 12.8. The van der Waals surface area contributed by atoms with Crippen LogP contribution >= 0.6 is 0 Å². The number of hydrogen-bond acceptors (Lipinski definition) is 4. The number of nitrogens with two attached hydrogens (primary N) is 1. The van der Waals surface area contributed by atoms with E-state index in [0.29, 0.717) is 13.0 Å². The first kappa shape index (κ1) is 16.2. The molecule has 1 saturated heterocycles. The molecule has 1 aliphatic rings. The molecule has 5 heteroatoms. The number of nitrogens with zero attached hydrogens (tertiary/aromatic N) is 1. The van der Waals surface area contributed by atoms with E-state index in [0.717, 1.165) is 12.8 Å². The van der Waals surface area contributed by atoms with E-state index in [9.17, 15) is 9.90 Å². The fraction of sp³-hybridized carbons (Fsp3) is 0.929. The van der Waals surface area contributed by atoms with Crippen LogP contribution in [0.25, 0.3) is 0 Å². The number of carbonyl (C=O) groups is 1. The Morgan fingerprint density at radius 1 is 1.32 bits per heavy atom. The molecule has 1 heterocycles. The van der Waals surface area contributed by atoms with Crippen LogP contribution in [0, 0.1) is 0 Å². The molecule has 1 rings (SSSR count). The van der Waals surface area contributed by atoms with E-state index < -0.39 is 11.2 Å². The molecular weight excluding hydrogens is 244 g/mol. The zero-order chi connectivity index (χ0) is 14.8. The lowest BCUT2D eigenvalue weighted by Gasteiger charge is -2.41.